The van der Waals surface area contributed by atoms with Gasteiger partial charge in [0.2, 0.25) is 0 Å². The molecular weight excluding hydrogens is 232 g/mol. The van der Waals surface area contributed by atoms with Gasteiger partial charge in [0.15, 0.2) is 0 Å². The quantitative estimate of drug-likeness (QED) is 0.449. The van der Waals surface area contributed by atoms with Crippen LogP contribution in [-0.2, 0) is 0 Å². The highest BCUT2D eigenvalue weighted by Crippen LogP contribution is 2.48. The number of allylic oxidation sites excluding steroid dienone is 1. The predicted molar refractivity (Wildman–Crippen MR) is 84.6 cm³/mol. The Morgan fingerprint density at radius 1 is 1.06 bits per heavy atom. The normalized spacial score (nSPS) is 34.7. The molecule has 2 aliphatic carbocycles. The van der Waals surface area contributed by atoms with Gasteiger partial charge in [-0.3, -0.25) is 0 Å². The maximum Gasteiger partial charge on any atom is 0.0448 e. The number of fused-ring (bicyclic) bond motifs is 1. The highest BCUT2D eigenvalue weighted by atomic mass is 28.3. The van der Waals surface area contributed by atoms with Crippen molar-refractivity contribution in [2.45, 2.75) is 70.6 Å². The summed E-state index contributed by atoms with van der Waals surface area (Å²) in [6.07, 6.45) is 12.9. The fraction of sp³-hybridized carbons (Fsp3) is 0.882. The standard InChI is InChI=1S/C17H32Si/c1-5-14(13-18(2,3)4)16-12-8-10-15-9-6-7-11-17(15)16/h5,14-17H,1,6-13H2,2-4H3. The molecule has 0 bridgehead atoms. The van der Waals surface area contributed by atoms with E-state index in [1.165, 1.54) is 51.0 Å². The van der Waals surface area contributed by atoms with Crippen LogP contribution in [0.15, 0.2) is 12.7 Å². The van der Waals surface area contributed by atoms with E-state index < -0.39 is 8.07 Å². The first-order valence-corrected chi connectivity index (χ1v) is 11.8. The third-order valence-electron chi connectivity index (χ3n) is 5.33. The largest absolute Gasteiger partial charge is 0.103 e. The third kappa shape index (κ3) is 3.50. The van der Waals surface area contributed by atoms with Crippen LogP contribution in [0.25, 0.3) is 0 Å². The Bertz CT molecular complexity index is 274. The number of hydrogen-bond acceptors (Lipinski definition) is 0. The van der Waals surface area contributed by atoms with Crippen molar-refractivity contribution < 1.29 is 0 Å². The van der Waals surface area contributed by atoms with Gasteiger partial charge in [-0.25, -0.2) is 0 Å². The Kier molecular flexibility index (Phi) is 4.74. The van der Waals surface area contributed by atoms with Crippen LogP contribution in [-0.4, -0.2) is 8.07 Å². The van der Waals surface area contributed by atoms with Crippen molar-refractivity contribution >= 4 is 8.07 Å². The van der Waals surface area contributed by atoms with Crippen LogP contribution < -0.4 is 0 Å². The highest BCUT2D eigenvalue weighted by Gasteiger charge is 2.38. The van der Waals surface area contributed by atoms with Crippen molar-refractivity contribution in [3.05, 3.63) is 12.7 Å². The Morgan fingerprint density at radius 2 is 1.72 bits per heavy atom. The summed E-state index contributed by atoms with van der Waals surface area (Å²) in [7, 11) is -0.953. The van der Waals surface area contributed by atoms with Crippen molar-refractivity contribution in [1.29, 1.82) is 0 Å². The first-order chi connectivity index (χ1) is 8.51. The maximum atomic E-state index is 4.18. The van der Waals surface area contributed by atoms with Gasteiger partial charge in [-0.05, 0) is 36.5 Å². The van der Waals surface area contributed by atoms with Crippen molar-refractivity contribution in [3.8, 4) is 0 Å². The fourth-order valence-electron chi connectivity index (χ4n) is 4.64. The molecule has 104 valence electrons. The molecule has 0 spiro atoms. The lowest BCUT2D eigenvalue weighted by Crippen LogP contribution is -2.37. The second kappa shape index (κ2) is 5.94. The second-order valence-electron chi connectivity index (χ2n) is 7.97. The molecular formula is C17H32Si. The van der Waals surface area contributed by atoms with Crippen LogP contribution in [0.5, 0.6) is 0 Å². The van der Waals surface area contributed by atoms with Crippen molar-refractivity contribution in [3.63, 3.8) is 0 Å². The Balaban J connectivity index is 2.06. The van der Waals surface area contributed by atoms with Gasteiger partial charge in [-0.15, -0.1) is 6.58 Å². The summed E-state index contributed by atoms with van der Waals surface area (Å²) >= 11 is 0. The van der Waals surface area contributed by atoms with Crippen LogP contribution in [0.3, 0.4) is 0 Å². The molecule has 2 saturated carbocycles. The van der Waals surface area contributed by atoms with Gasteiger partial charge in [0.25, 0.3) is 0 Å². The zero-order chi connectivity index (χ0) is 13.2. The lowest BCUT2D eigenvalue weighted by atomic mass is 9.62. The summed E-state index contributed by atoms with van der Waals surface area (Å²) < 4.78 is 0. The lowest BCUT2D eigenvalue weighted by Gasteiger charge is -2.45. The van der Waals surface area contributed by atoms with Crippen LogP contribution >= 0.6 is 0 Å². The SMILES string of the molecule is C=CC(C[Si](C)(C)C)C1CCCC2CCCCC21. The van der Waals surface area contributed by atoms with Gasteiger partial charge in [-0.2, -0.15) is 0 Å². The van der Waals surface area contributed by atoms with Gasteiger partial charge in [-0.1, -0.05) is 63.9 Å². The Morgan fingerprint density at radius 3 is 2.39 bits per heavy atom. The predicted octanol–water partition coefficient (Wildman–Crippen LogP) is 5.73. The first kappa shape index (κ1) is 14.4. The number of rotatable bonds is 4. The molecule has 0 N–H and O–H groups in total. The molecule has 2 aliphatic rings. The second-order valence-corrected chi connectivity index (χ2v) is 13.5. The molecule has 2 fully saturated rings. The van der Waals surface area contributed by atoms with E-state index in [-0.39, 0.29) is 0 Å². The lowest BCUT2D eigenvalue weighted by molar-refractivity contribution is 0.0818. The zero-order valence-corrected chi connectivity index (χ0v) is 13.8. The summed E-state index contributed by atoms with van der Waals surface area (Å²) in [5, 5.41) is 0. The molecule has 2 rings (SSSR count). The van der Waals surface area contributed by atoms with Crippen LogP contribution in [0, 0.1) is 23.7 Å². The van der Waals surface area contributed by atoms with Gasteiger partial charge in [0.1, 0.15) is 0 Å². The average molecular weight is 265 g/mol. The van der Waals surface area contributed by atoms with E-state index in [9.17, 15) is 0 Å². The summed E-state index contributed by atoms with van der Waals surface area (Å²) in [6, 6.07) is 1.46. The highest BCUT2D eigenvalue weighted by molar-refractivity contribution is 6.76. The molecule has 0 heterocycles. The third-order valence-corrected chi connectivity index (χ3v) is 7.03. The molecule has 0 aromatic rings. The molecule has 0 aliphatic heterocycles. The Labute approximate surface area is 115 Å². The van der Waals surface area contributed by atoms with E-state index in [4.69, 9.17) is 0 Å². The van der Waals surface area contributed by atoms with E-state index in [0.29, 0.717) is 0 Å². The van der Waals surface area contributed by atoms with E-state index in [1.54, 1.807) is 0 Å². The zero-order valence-electron chi connectivity index (χ0n) is 12.8. The van der Waals surface area contributed by atoms with Gasteiger partial charge < -0.3 is 0 Å². The topological polar surface area (TPSA) is 0 Å². The van der Waals surface area contributed by atoms with Crippen LogP contribution in [0.1, 0.15) is 44.9 Å². The minimum atomic E-state index is -0.953. The molecule has 4 atom stereocenters. The summed E-state index contributed by atoms with van der Waals surface area (Å²) in [6.45, 7) is 11.7. The van der Waals surface area contributed by atoms with Gasteiger partial charge >= 0.3 is 0 Å². The molecule has 0 aromatic heterocycles. The molecule has 0 saturated heterocycles. The van der Waals surface area contributed by atoms with Crippen LogP contribution in [0.4, 0.5) is 0 Å². The first-order valence-electron chi connectivity index (χ1n) is 8.14. The Hall–Kier alpha value is -0.0431. The van der Waals surface area contributed by atoms with Gasteiger partial charge in [0.05, 0.1) is 0 Å². The summed E-state index contributed by atoms with van der Waals surface area (Å²) in [4.78, 5) is 0. The molecule has 18 heavy (non-hydrogen) atoms. The van der Waals surface area contributed by atoms with Crippen molar-refractivity contribution in [1.82, 2.24) is 0 Å². The van der Waals surface area contributed by atoms with E-state index in [0.717, 1.165) is 23.7 Å². The summed E-state index contributed by atoms with van der Waals surface area (Å²) in [5.74, 6) is 3.92. The van der Waals surface area contributed by atoms with Gasteiger partial charge in [0, 0.05) is 8.07 Å². The van der Waals surface area contributed by atoms with Crippen molar-refractivity contribution in [2.24, 2.45) is 23.7 Å². The number of hydrogen-bond donors (Lipinski definition) is 0. The summed E-state index contributed by atoms with van der Waals surface area (Å²) in [5.41, 5.74) is 0. The molecule has 0 amide bonds. The molecule has 0 nitrogen and oxygen atoms in total. The van der Waals surface area contributed by atoms with E-state index in [1.807, 2.05) is 0 Å². The molecule has 0 aromatic carbocycles. The minimum Gasteiger partial charge on any atom is -0.103 e. The van der Waals surface area contributed by atoms with E-state index in [2.05, 4.69) is 32.3 Å². The van der Waals surface area contributed by atoms with Crippen molar-refractivity contribution in [2.75, 3.05) is 0 Å². The monoisotopic (exact) mass is 264 g/mol. The minimum absolute atomic E-state index is 0.822. The fourth-order valence-corrected chi connectivity index (χ4v) is 6.52. The van der Waals surface area contributed by atoms with Crippen LogP contribution in [0.2, 0.25) is 25.7 Å². The average Bonchev–Trinajstić information content (AvgIpc) is 2.34. The molecule has 4 unspecified atom stereocenters. The smallest absolute Gasteiger partial charge is 0.0448 e. The molecule has 0 radical (unpaired) electrons. The maximum absolute atomic E-state index is 4.18. The molecule has 1 heteroatoms. The van der Waals surface area contributed by atoms with E-state index >= 15 is 0 Å².